The largest absolute Gasteiger partial charge is 0.507 e. The smallest absolute Gasteiger partial charge is 0.258 e. The third-order valence-corrected chi connectivity index (χ3v) is 4.33. The highest BCUT2D eigenvalue weighted by atomic mass is 16.3. The summed E-state index contributed by atoms with van der Waals surface area (Å²) in [6.07, 6.45) is 3.33. The molecule has 22 heavy (non-hydrogen) atoms. The van der Waals surface area contributed by atoms with Gasteiger partial charge < -0.3 is 10.6 Å². The number of aromatic hydroxyl groups is 1. The monoisotopic (exact) mass is 306 g/mol. The van der Waals surface area contributed by atoms with Gasteiger partial charge in [-0.3, -0.25) is 10.2 Å². The molecule has 2 fully saturated rings. The second kappa shape index (κ2) is 6.87. The van der Waals surface area contributed by atoms with Crippen molar-refractivity contribution in [1.82, 2.24) is 16.3 Å². The Bertz CT molecular complexity index is 576. The quantitative estimate of drug-likeness (QED) is 0.466. The van der Waals surface area contributed by atoms with Gasteiger partial charge in [-0.2, -0.15) is 5.10 Å². The van der Waals surface area contributed by atoms with Gasteiger partial charge >= 0.3 is 0 Å². The maximum Gasteiger partial charge on any atom is 0.258 e. The first-order chi connectivity index (χ1) is 10.2. The number of hydrogen-bond donors (Lipinski definition) is 4. The molecule has 0 aromatic heterocycles. The fraction of sp³-hybridized carbons (Fsp3) is 0.467. The summed E-state index contributed by atoms with van der Waals surface area (Å²) in [5.74, 6) is 0.363. The molecule has 1 saturated carbocycles. The van der Waals surface area contributed by atoms with Crippen LogP contribution in [0.2, 0.25) is 0 Å². The first-order valence-corrected chi connectivity index (χ1v) is 7.30. The minimum Gasteiger partial charge on any atom is -0.507 e. The number of carbonyl (C=O) groups excluding carboxylic acids is 1. The number of rotatable bonds is 3. The van der Waals surface area contributed by atoms with E-state index in [9.17, 15) is 9.90 Å². The molecule has 1 saturated heterocycles. The minimum absolute atomic E-state index is 0. The van der Waals surface area contributed by atoms with Crippen LogP contribution in [-0.2, 0) is 4.79 Å². The van der Waals surface area contributed by atoms with Gasteiger partial charge in [-0.05, 0) is 31.9 Å². The summed E-state index contributed by atoms with van der Waals surface area (Å²) in [4.78, 5) is 12.2. The van der Waals surface area contributed by atoms with Gasteiger partial charge in [0.15, 0.2) is 0 Å². The van der Waals surface area contributed by atoms with E-state index < -0.39 is 0 Å². The van der Waals surface area contributed by atoms with E-state index in [2.05, 4.69) is 21.4 Å². The highest BCUT2D eigenvalue weighted by Gasteiger charge is 2.42. The van der Waals surface area contributed by atoms with Crippen molar-refractivity contribution in [2.24, 2.45) is 11.0 Å². The molecule has 0 radical (unpaired) electrons. The molecular weight excluding hydrogens is 284 g/mol. The topological polar surface area (TPSA) is 117 Å². The van der Waals surface area contributed by atoms with E-state index in [0.717, 1.165) is 19.3 Å². The molecule has 1 aromatic rings. The van der Waals surface area contributed by atoms with E-state index in [1.807, 2.05) is 6.07 Å². The van der Waals surface area contributed by atoms with Gasteiger partial charge in [-0.25, -0.2) is 10.9 Å². The highest BCUT2D eigenvalue weighted by Crippen LogP contribution is 2.31. The van der Waals surface area contributed by atoms with E-state index in [0.29, 0.717) is 23.2 Å². The number of benzene rings is 1. The van der Waals surface area contributed by atoms with Crippen molar-refractivity contribution in [2.75, 3.05) is 0 Å². The highest BCUT2D eigenvalue weighted by molar-refractivity contribution is 6.01. The molecule has 7 heteroatoms. The molecule has 1 heterocycles. The zero-order chi connectivity index (χ0) is 14.8. The Labute approximate surface area is 129 Å². The molecule has 0 spiro atoms. The van der Waals surface area contributed by atoms with Crippen LogP contribution in [0.4, 0.5) is 0 Å². The van der Waals surface area contributed by atoms with Crippen LogP contribution in [0.15, 0.2) is 29.4 Å². The fourth-order valence-corrected chi connectivity index (χ4v) is 3.18. The number of hydrogen-bond acceptors (Lipinski definition) is 5. The summed E-state index contributed by atoms with van der Waals surface area (Å²) in [7, 11) is 0. The minimum atomic E-state index is -0.238. The number of para-hydroxylation sites is 1. The summed E-state index contributed by atoms with van der Waals surface area (Å²) in [5, 5.41) is 13.9. The molecule has 3 atom stereocenters. The van der Waals surface area contributed by atoms with Crippen molar-refractivity contribution in [2.45, 2.75) is 38.3 Å². The summed E-state index contributed by atoms with van der Waals surface area (Å²) >= 11 is 0. The lowest BCUT2D eigenvalue weighted by molar-refractivity contribution is -0.123. The van der Waals surface area contributed by atoms with Crippen molar-refractivity contribution in [3.8, 4) is 5.75 Å². The van der Waals surface area contributed by atoms with Crippen molar-refractivity contribution in [3.63, 3.8) is 0 Å². The van der Waals surface area contributed by atoms with Crippen LogP contribution in [0.3, 0.4) is 0 Å². The fourth-order valence-electron chi connectivity index (χ4n) is 3.18. The van der Waals surface area contributed by atoms with Crippen molar-refractivity contribution >= 4 is 11.6 Å². The SMILES string of the molecule is C/C(=N\NC(=O)C1NNC2CCCC21)c1ccccc1O.O. The lowest BCUT2D eigenvalue weighted by atomic mass is 9.97. The summed E-state index contributed by atoms with van der Waals surface area (Å²) in [5.41, 5.74) is 10.0. The lowest BCUT2D eigenvalue weighted by Crippen LogP contribution is -2.44. The van der Waals surface area contributed by atoms with Gasteiger partial charge in [0.2, 0.25) is 0 Å². The van der Waals surface area contributed by atoms with Crippen LogP contribution < -0.4 is 16.3 Å². The number of hydrazone groups is 1. The van der Waals surface area contributed by atoms with Crippen LogP contribution >= 0.6 is 0 Å². The Balaban J connectivity index is 0.00000176. The average molecular weight is 306 g/mol. The molecule has 1 amide bonds. The third-order valence-electron chi connectivity index (χ3n) is 4.33. The van der Waals surface area contributed by atoms with E-state index in [1.54, 1.807) is 25.1 Å². The Hall–Kier alpha value is -1.96. The summed E-state index contributed by atoms with van der Waals surface area (Å²) in [6.45, 7) is 1.76. The standard InChI is InChI=1S/C15H20N4O2.H2O/c1-9(10-5-2-3-8-13(10)20)16-19-15(21)14-11-6-4-7-12(11)17-18-14;/h2-3,5,8,11-12,14,17-18,20H,4,6-7H2,1H3,(H,19,21);1H2/b16-9+;. The second-order valence-electron chi connectivity index (χ2n) is 5.66. The molecule has 2 aliphatic rings. The van der Waals surface area contributed by atoms with Crippen LogP contribution in [0.25, 0.3) is 0 Å². The summed E-state index contributed by atoms with van der Waals surface area (Å²) < 4.78 is 0. The molecule has 1 aliphatic heterocycles. The second-order valence-corrected chi connectivity index (χ2v) is 5.66. The van der Waals surface area contributed by atoms with E-state index in [-0.39, 0.29) is 23.2 Å². The van der Waals surface area contributed by atoms with E-state index >= 15 is 0 Å². The predicted octanol–water partition coefficient (Wildman–Crippen LogP) is 0.0528. The average Bonchev–Trinajstić information content (AvgIpc) is 3.07. The normalized spacial score (nSPS) is 27.1. The molecule has 120 valence electrons. The van der Waals surface area contributed by atoms with Gasteiger partial charge in [0.05, 0.1) is 5.71 Å². The first-order valence-electron chi connectivity index (χ1n) is 7.30. The third kappa shape index (κ3) is 3.11. The molecule has 1 aromatic carbocycles. The zero-order valence-electron chi connectivity index (χ0n) is 12.5. The Morgan fingerprint density at radius 2 is 2.09 bits per heavy atom. The first kappa shape index (κ1) is 16.4. The number of phenols is 1. The molecule has 6 N–H and O–H groups in total. The number of nitrogens with one attached hydrogen (secondary N) is 3. The zero-order valence-corrected chi connectivity index (χ0v) is 12.5. The van der Waals surface area contributed by atoms with Gasteiger partial charge in [-0.1, -0.05) is 18.6 Å². The van der Waals surface area contributed by atoms with E-state index in [1.165, 1.54) is 0 Å². The lowest BCUT2D eigenvalue weighted by Gasteiger charge is -2.14. The van der Waals surface area contributed by atoms with Crippen molar-refractivity contribution in [3.05, 3.63) is 29.8 Å². The Morgan fingerprint density at radius 3 is 2.86 bits per heavy atom. The molecule has 1 aliphatic carbocycles. The number of carbonyl (C=O) groups is 1. The molecule has 7 nitrogen and oxygen atoms in total. The predicted molar refractivity (Wildman–Crippen MR) is 83.3 cm³/mol. The molecule has 0 bridgehead atoms. The van der Waals surface area contributed by atoms with E-state index in [4.69, 9.17) is 0 Å². The maximum atomic E-state index is 12.2. The van der Waals surface area contributed by atoms with Gasteiger partial charge in [0.25, 0.3) is 5.91 Å². The van der Waals surface area contributed by atoms with Crippen LogP contribution in [0.1, 0.15) is 31.7 Å². The molecular formula is C15H22N4O3. The number of fused-ring (bicyclic) bond motifs is 1. The Kier molecular flexibility index (Phi) is 5.12. The van der Waals surface area contributed by atoms with Gasteiger partial charge in [-0.15, -0.1) is 0 Å². The molecule has 3 unspecified atom stereocenters. The van der Waals surface area contributed by atoms with Gasteiger partial charge in [0.1, 0.15) is 11.8 Å². The van der Waals surface area contributed by atoms with Crippen LogP contribution in [0, 0.1) is 5.92 Å². The summed E-state index contributed by atoms with van der Waals surface area (Å²) in [6, 6.07) is 7.09. The van der Waals surface area contributed by atoms with Crippen molar-refractivity contribution in [1.29, 1.82) is 0 Å². The number of phenolic OH excluding ortho intramolecular Hbond substituents is 1. The van der Waals surface area contributed by atoms with Crippen LogP contribution in [-0.4, -0.2) is 34.3 Å². The number of hydrazine groups is 1. The number of amides is 1. The van der Waals surface area contributed by atoms with Gasteiger partial charge in [0, 0.05) is 17.5 Å². The molecule has 3 rings (SSSR count). The van der Waals surface area contributed by atoms with Crippen molar-refractivity contribution < 1.29 is 15.4 Å². The number of nitrogens with zero attached hydrogens (tertiary/aromatic N) is 1. The van der Waals surface area contributed by atoms with Crippen LogP contribution in [0.5, 0.6) is 5.75 Å². The Morgan fingerprint density at radius 1 is 1.32 bits per heavy atom. The maximum absolute atomic E-state index is 12.2.